The number of carbonyl (C=O) groups excluding carboxylic acids is 1. The summed E-state index contributed by atoms with van der Waals surface area (Å²) in [7, 11) is 1.33. The highest BCUT2D eigenvalue weighted by Gasteiger charge is 2.16. The van der Waals surface area contributed by atoms with Crippen LogP contribution < -0.4 is 5.32 Å². The third-order valence-corrected chi connectivity index (χ3v) is 3.33. The van der Waals surface area contributed by atoms with Crippen molar-refractivity contribution in [1.82, 2.24) is 5.32 Å². The van der Waals surface area contributed by atoms with E-state index < -0.39 is 5.97 Å². The number of aryl methyl sites for hydroxylation is 1. The van der Waals surface area contributed by atoms with Crippen molar-refractivity contribution < 1.29 is 18.3 Å². The first-order chi connectivity index (χ1) is 10.0. The van der Waals surface area contributed by atoms with Crippen molar-refractivity contribution in [2.24, 2.45) is 0 Å². The second-order valence-electron chi connectivity index (χ2n) is 4.80. The van der Waals surface area contributed by atoms with Crippen LogP contribution in [0.1, 0.15) is 40.4 Å². The lowest BCUT2D eigenvalue weighted by atomic mass is 10.1. The molecule has 1 atom stereocenters. The normalized spacial score (nSPS) is 12.2. The number of ether oxygens (including phenoxy) is 1. The molecule has 1 heterocycles. The van der Waals surface area contributed by atoms with Crippen molar-refractivity contribution in [2.75, 3.05) is 7.11 Å². The predicted molar refractivity (Wildman–Crippen MR) is 76.4 cm³/mol. The van der Waals surface area contributed by atoms with Crippen molar-refractivity contribution in [3.63, 3.8) is 0 Å². The highest BCUT2D eigenvalue weighted by atomic mass is 19.1. The van der Waals surface area contributed by atoms with Gasteiger partial charge in [-0.25, -0.2) is 9.18 Å². The molecule has 2 rings (SSSR count). The molecular formula is C16H18FNO3. The van der Waals surface area contributed by atoms with Gasteiger partial charge in [0.25, 0.3) is 0 Å². The van der Waals surface area contributed by atoms with E-state index in [-0.39, 0.29) is 11.9 Å². The summed E-state index contributed by atoms with van der Waals surface area (Å²) in [4.78, 5) is 11.5. The molecule has 0 amide bonds. The first-order valence-electron chi connectivity index (χ1n) is 6.68. The van der Waals surface area contributed by atoms with E-state index in [0.717, 1.165) is 0 Å². The molecule has 0 bridgehead atoms. The van der Waals surface area contributed by atoms with E-state index in [1.165, 1.54) is 13.2 Å². The molecule has 0 aliphatic carbocycles. The number of esters is 1. The van der Waals surface area contributed by atoms with Gasteiger partial charge in [-0.15, -0.1) is 0 Å². The number of furan rings is 1. The number of halogens is 1. The Morgan fingerprint density at radius 2 is 2.14 bits per heavy atom. The van der Waals surface area contributed by atoms with Crippen LogP contribution in [0.3, 0.4) is 0 Å². The van der Waals surface area contributed by atoms with Gasteiger partial charge < -0.3 is 14.5 Å². The molecule has 0 saturated carbocycles. The Balaban J connectivity index is 2.03. The van der Waals surface area contributed by atoms with Crippen LogP contribution in [0.4, 0.5) is 4.39 Å². The summed E-state index contributed by atoms with van der Waals surface area (Å²) in [5.74, 6) is 0.446. The Morgan fingerprint density at radius 1 is 1.43 bits per heavy atom. The minimum Gasteiger partial charge on any atom is -0.465 e. The van der Waals surface area contributed by atoms with Crippen LogP contribution in [-0.4, -0.2) is 13.1 Å². The number of hydrogen-bond donors (Lipinski definition) is 1. The van der Waals surface area contributed by atoms with Crippen molar-refractivity contribution in [2.45, 2.75) is 26.4 Å². The van der Waals surface area contributed by atoms with Crippen molar-refractivity contribution in [1.29, 1.82) is 0 Å². The van der Waals surface area contributed by atoms with Crippen LogP contribution in [0.5, 0.6) is 0 Å². The van der Waals surface area contributed by atoms with Crippen LogP contribution in [0.2, 0.25) is 0 Å². The molecule has 2 aromatic rings. The average Bonchev–Trinajstić information content (AvgIpc) is 2.85. The predicted octanol–water partition coefficient (Wildman–Crippen LogP) is 3.36. The monoisotopic (exact) mass is 291 g/mol. The van der Waals surface area contributed by atoms with Gasteiger partial charge in [0.15, 0.2) is 0 Å². The van der Waals surface area contributed by atoms with E-state index in [0.29, 0.717) is 29.2 Å². The van der Waals surface area contributed by atoms with Gasteiger partial charge in [-0.2, -0.15) is 0 Å². The van der Waals surface area contributed by atoms with E-state index in [2.05, 4.69) is 10.1 Å². The van der Waals surface area contributed by atoms with Crippen LogP contribution in [0.15, 0.2) is 34.7 Å². The fourth-order valence-corrected chi connectivity index (χ4v) is 2.13. The highest BCUT2D eigenvalue weighted by molar-refractivity contribution is 5.90. The SMILES string of the molecule is COC(=O)c1cc(CN[C@H](C)c2ccccc2F)oc1C. The molecule has 0 aliphatic heterocycles. The zero-order valence-electron chi connectivity index (χ0n) is 12.3. The van der Waals surface area contributed by atoms with Crippen molar-refractivity contribution >= 4 is 5.97 Å². The summed E-state index contributed by atoms with van der Waals surface area (Å²) in [5.41, 5.74) is 1.00. The van der Waals surface area contributed by atoms with Crippen LogP contribution in [0, 0.1) is 12.7 Å². The van der Waals surface area contributed by atoms with Crippen LogP contribution in [0.25, 0.3) is 0 Å². The maximum Gasteiger partial charge on any atom is 0.341 e. The quantitative estimate of drug-likeness (QED) is 0.858. The molecule has 1 aromatic carbocycles. The largest absolute Gasteiger partial charge is 0.465 e. The maximum atomic E-state index is 13.7. The zero-order valence-corrected chi connectivity index (χ0v) is 12.3. The summed E-state index contributed by atoms with van der Waals surface area (Å²) >= 11 is 0. The smallest absolute Gasteiger partial charge is 0.341 e. The number of benzene rings is 1. The number of methoxy groups -OCH3 is 1. The summed E-state index contributed by atoms with van der Waals surface area (Å²) in [5, 5.41) is 3.17. The first-order valence-corrected chi connectivity index (χ1v) is 6.68. The van der Waals surface area contributed by atoms with E-state index in [1.807, 2.05) is 6.92 Å². The van der Waals surface area contributed by atoms with E-state index in [9.17, 15) is 9.18 Å². The van der Waals surface area contributed by atoms with Crippen LogP contribution >= 0.6 is 0 Å². The van der Waals surface area contributed by atoms with Gasteiger partial charge in [0.05, 0.1) is 13.7 Å². The lowest BCUT2D eigenvalue weighted by molar-refractivity contribution is 0.0599. The molecule has 0 aliphatic rings. The van der Waals surface area contributed by atoms with Crippen LogP contribution in [-0.2, 0) is 11.3 Å². The minimum atomic E-state index is -0.426. The van der Waals surface area contributed by atoms with Crippen molar-refractivity contribution in [3.05, 3.63) is 58.8 Å². The Morgan fingerprint density at radius 3 is 2.81 bits per heavy atom. The van der Waals surface area contributed by atoms with Gasteiger partial charge in [0.2, 0.25) is 0 Å². The Hall–Kier alpha value is -2.14. The lowest BCUT2D eigenvalue weighted by Gasteiger charge is -2.13. The molecule has 0 radical (unpaired) electrons. The molecule has 4 nitrogen and oxygen atoms in total. The molecule has 1 N–H and O–H groups in total. The topological polar surface area (TPSA) is 51.5 Å². The molecule has 1 aromatic heterocycles. The summed E-state index contributed by atoms with van der Waals surface area (Å²) < 4.78 is 23.8. The molecule has 112 valence electrons. The summed E-state index contributed by atoms with van der Waals surface area (Å²) in [6.07, 6.45) is 0. The second-order valence-corrected chi connectivity index (χ2v) is 4.80. The van der Waals surface area contributed by atoms with Crippen molar-refractivity contribution in [3.8, 4) is 0 Å². The number of carbonyl (C=O) groups is 1. The molecule has 5 heteroatoms. The average molecular weight is 291 g/mol. The highest BCUT2D eigenvalue weighted by Crippen LogP contribution is 2.19. The number of rotatable bonds is 5. The Labute approximate surface area is 122 Å². The van der Waals surface area contributed by atoms with Gasteiger partial charge >= 0.3 is 5.97 Å². The standard InChI is InChI=1S/C16H18FNO3/c1-10(13-6-4-5-7-15(13)17)18-9-12-8-14(11(2)21-12)16(19)20-3/h4-8,10,18H,9H2,1-3H3/t10-/m1/s1. The van der Waals surface area contributed by atoms with Gasteiger partial charge in [-0.05, 0) is 26.0 Å². The number of nitrogens with one attached hydrogen (secondary N) is 1. The van der Waals surface area contributed by atoms with E-state index in [1.54, 1.807) is 31.2 Å². The molecular weight excluding hydrogens is 273 g/mol. The second kappa shape index (κ2) is 6.54. The molecule has 0 spiro atoms. The summed E-state index contributed by atoms with van der Waals surface area (Å²) in [6.45, 7) is 3.97. The third kappa shape index (κ3) is 3.49. The molecule has 0 unspecified atom stereocenters. The van der Waals surface area contributed by atoms with Gasteiger partial charge in [-0.1, -0.05) is 18.2 Å². The van der Waals surface area contributed by atoms with Gasteiger partial charge in [0.1, 0.15) is 22.9 Å². The lowest BCUT2D eigenvalue weighted by Crippen LogP contribution is -2.18. The van der Waals surface area contributed by atoms with Gasteiger partial charge in [-0.3, -0.25) is 0 Å². The molecule has 21 heavy (non-hydrogen) atoms. The maximum absolute atomic E-state index is 13.7. The third-order valence-electron chi connectivity index (χ3n) is 3.33. The fraction of sp³-hybridized carbons (Fsp3) is 0.312. The Bertz CT molecular complexity index is 636. The molecule has 0 saturated heterocycles. The minimum absolute atomic E-state index is 0.168. The van der Waals surface area contributed by atoms with Gasteiger partial charge in [0, 0.05) is 11.6 Å². The Kier molecular flexibility index (Phi) is 4.75. The summed E-state index contributed by atoms with van der Waals surface area (Å²) in [6, 6.07) is 8.09. The fourth-order valence-electron chi connectivity index (χ4n) is 2.13. The first kappa shape index (κ1) is 15.3. The van der Waals surface area contributed by atoms with E-state index in [4.69, 9.17) is 4.42 Å². The number of hydrogen-bond acceptors (Lipinski definition) is 4. The zero-order chi connectivity index (χ0) is 15.4. The van der Waals surface area contributed by atoms with E-state index >= 15 is 0 Å². The molecule has 0 fully saturated rings.